The van der Waals surface area contributed by atoms with Crippen molar-refractivity contribution < 1.29 is 17.2 Å². The number of pyridine rings is 1. The summed E-state index contributed by atoms with van der Waals surface area (Å²) in [6, 6.07) is 6.70. The average Bonchev–Trinajstić information content (AvgIpc) is 2.99. The van der Waals surface area contributed by atoms with Crippen LogP contribution < -0.4 is 4.31 Å². The monoisotopic (exact) mass is 349 g/mol. The summed E-state index contributed by atoms with van der Waals surface area (Å²) in [5.41, 5.74) is -0.257. The van der Waals surface area contributed by atoms with Crippen LogP contribution in [0.4, 0.5) is 14.5 Å². The van der Waals surface area contributed by atoms with E-state index in [2.05, 4.69) is 10.2 Å². The third-order valence-electron chi connectivity index (χ3n) is 3.21. The number of anilines is 1. The number of hydrogen-bond acceptors (Lipinski definition) is 5. The van der Waals surface area contributed by atoms with E-state index >= 15 is 0 Å². The number of aromatic nitrogens is 3. The second-order valence-electron chi connectivity index (χ2n) is 4.73. The highest BCUT2D eigenvalue weighted by Gasteiger charge is 2.28. The Hall–Kier alpha value is -3.06. The maximum Gasteiger partial charge on any atom is 0.269 e. The molecule has 122 valence electrons. The molecule has 0 amide bonds. The second kappa shape index (κ2) is 5.86. The van der Waals surface area contributed by atoms with E-state index < -0.39 is 28.2 Å². The molecular weight excluding hydrogens is 340 g/mol. The van der Waals surface area contributed by atoms with Crippen LogP contribution in [0.3, 0.4) is 0 Å². The van der Waals surface area contributed by atoms with Crippen LogP contribution in [-0.2, 0) is 10.0 Å². The van der Waals surface area contributed by atoms with Crippen molar-refractivity contribution in [3.63, 3.8) is 0 Å². The Morgan fingerprint density at radius 2 is 1.96 bits per heavy atom. The molecule has 3 rings (SSSR count). The summed E-state index contributed by atoms with van der Waals surface area (Å²) in [4.78, 5) is -0.234. The van der Waals surface area contributed by atoms with E-state index in [0.29, 0.717) is 10.4 Å². The summed E-state index contributed by atoms with van der Waals surface area (Å²) in [6.07, 6.45) is 2.86. The third-order valence-corrected chi connectivity index (χ3v) is 5.00. The topological polar surface area (TPSA) is 91.4 Å². The minimum Gasteiger partial charge on any atom is -0.288 e. The van der Waals surface area contributed by atoms with Crippen molar-refractivity contribution in [3.05, 3.63) is 54.5 Å². The maximum atomic E-state index is 13.5. The van der Waals surface area contributed by atoms with E-state index in [1.807, 2.05) is 0 Å². The van der Waals surface area contributed by atoms with Crippen LogP contribution in [-0.4, -0.2) is 29.6 Å². The lowest BCUT2D eigenvalue weighted by Crippen LogP contribution is -2.32. The molecule has 24 heavy (non-hydrogen) atoms. The summed E-state index contributed by atoms with van der Waals surface area (Å²) < 4.78 is 54.7. The molecule has 0 atom stereocenters. The standard InChI is InChI=1S/C14H9F2N5O2S/c15-10-6-11(16)8-12(7-10)21(5-3-17)24(22,23)13-2-1-4-20-9-18-19-14(13)20/h1-2,4,6-9H,5H2. The molecule has 0 aliphatic heterocycles. The molecule has 3 aromatic rings. The van der Waals surface area contributed by atoms with E-state index in [9.17, 15) is 17.2 Å². The van der Waals surface area contributed by atoms with Gasteiger partial charge in [0.15, 0.2) is 5.65 Å². The molecule has 0 fully saturated rings. The van der Waals surface area contributed by atoms with Gasteiger partial charge in [-0.1, -0.05) is 0 Å². The minimum absolute atomic E-state index is 0.0392. The number of hydrogen-bond donors (Lipinski definition) is 0. The van der Waals surface area contributed by atoms with Gasteiger partial charge in [0.2, 0.25) is 0 Å². The molecule has 7 nitrogen and oxygen atoms in total. The van der Waals surface area contributed by atoms with Crippen molar-refractivity contribution in [3.8, 4) is 6.07 Å². The summed E-state index contributed by atoms with van der Waals surface area (Å²) in [5, 5.41) is 16.3. The van der Waals surface area contributed by atoms with Crippen LogP contribution in [0.5, 0.6) is 0 Å². The van der Waals surface area contributed by atoms with Crippen LogP contribution in [0.2, 0.25) is 0 Å². The van der Waals surface area contributed by atoms with Gasteiger partial charge in [0.05, 0.1) is 11.8 Å². The fourth-order valence-electron chi connectivity index (χ4n) is 2.21. The van der Waals surface area contributed by atoms with E-state index in [1.54, 1.807) is 12.3 Å². The molecule has 0 N–H and O–H groups in total. The molecule has 0 aliphatic carbocycles. The van der Waals surface area contributed by atoms with Crippen LogP contribution in [0, 0.1) is 23.0 Å². The van der Waals surface area contributed by atoms with Gasteiger partial charge in [-0.3, -0.25) is 8.71 Å². The minimum atomic E-state index is -4.29. The SMILES string of the molecule is N#CCN(c1cc(F)cc(F)c1)S(=O)(=O)c1cccn2cnnc12. The largest absolute Gasteiger partial charge is 0.288 e. The van der Waals surface area contributed by atoms with Gasteiger partial charge in [-0.15, -0.1) is 10.2 Å². The number of fused-ring (bicyclic) bond motifs is 1. The Balaban J connectivity index is 2.21. The summed E-state index contributed by atoms with van der Waals surface area (Å²) in [6.45, 7) is -0.625. The fourth-order valence-corrected chi connectivity index (χ4v) is 3.68. The van der Waals surface area contributed by atoms with Gasteiger partial charge in [0.25, 0.3) is 10.0 Å². The van der Waals surface area contributed by atoms with Crippen molar-refractivity contribution >= 4 is 21.4 Å². The highest BCUT2D eigenvalue weighted by Crippen LogP contribution is 2.26. The Kier molecular flexibility index (Phi) is 3.86. The predicted molar refractivity (Wildman–Crippen MR) is 79.5 cm³/mol. The molecule has 0 radical (unpaired) electrons. The van der Waals surface area contributed by atoms with Gasteiger partial charge in [-0.25, -0.2) is 17.2 Å². The van der Waals surface area contributed by atoms with Crippen LogP contribution in [0.1, 0.15) is 0 Å². The summed E-state index contributed by atoms with van der Waals surface area (Å²) >= 11 is 0. The normalized spacial score (nSPS) is 11.4. The van der Waals surface area contributed by atoms with E-state index in [-0.39, 0.29) is 16.2 Å². The van der Waals surface area contributed by atoms with Crippen LogP contribution >= 0.6 is 0 Å². The molecule has 0 saturated carbocycles. The molecule has 10 heteroatoms. The quantitative estimate of drug-likeness (QED) is 0.669. The molecular formula is C14H9F2N5O2S. The van der Waals surface area contributed by atoms with Crippen molar-refractivity contribution in [1.29, 1.82) is 5.26 Å². The van der Waals surface area contributed by atoms with Crippen molar-refractivity contribution in [1.82, 2.24) is 14.6 Å². The number of nitrogens with zero attached hydrogens (tertiary/aromatic N) is 5. The van der Waals surface area contributed by atoms with Gasteiger partial charge in [-0.2, -0.15) is 5.26 Å². The lowest BCUT2D eigenvalue weighted by molar-refractivity contribution is 0.581. The number of halogens is 2. The zero-order chi connectivity index (χ0) is 17.3. The van der Waals surface area contributed by atoms with Gasteiger partial charge in [-0.05, 0) is 24.3 Å². The zero-order valence-electron chi connectivity index (χ0n) is 12.0. The van der Waals surface area contributed by atoms with E-state index in [4.69, 9.17) is 5.26 Å². The summed E-state index contributed by atoms with van der Waals surface area (Å²) in [7, 11) is -4.29. The first-order chi connectivity index (χ1) is 11.4. The Morgan fingerprint density at radius 3 is 2.62 bits per heavy atom. The first-order valence-electron chi connectivity index (χ1n) is 6.57. The third kappa shape index (κ3) is 2.65. The lowest BCUT2D eigenvalue weighted by Gasteiger charge is -2.21. The lowest BCUT2D eigenvalue weighted by atomic mass is 10.3. The van der Waals surface area contributed by atoms with Crippen molar-refractivity contribution in [2.24, 2.45) is 0 Å². The van der Waals surface area contributed by atoms with E-state index in [1.165, 1.54) is 22.9 Å². The number of rotatable bonds is 4. The molecule has 1 aromatic carbocycles. The first-order valence-corrected chi connectivity index (χ1v) is 8.01. The molecule has 0 bridgehead atoms. The fraction of sp³-hybridized carbons (Fsp3) is 0.0714. The van der Waals surface area contributed by atoms with Crippen molar-refractivity contribution in [2.45, 2.75) is 4.90 Å². The molecule has 2 heterocycles. The zero-order valence-corrected chi connectivity index (χ0v) is 12.8. The Labute approximate surface area is 135 Å². The summed E-state index contributed by atoms with van der Waals surface area (Å²) in [5.74, 6) is -1.91. The number of benzene rings is 1. The molecule has 0 aliphatic rings. The molecule has 0 saturated heterocycles. The Bertz CT molecular complexity index is 1040. The van der Waals surface area contributed by atoms with Gasteiger partial charge < -0.3 is 0 Å². The van der Waals surface area contributed by atoms with Gasteiger partial charge in [0, 0.05) is 12.3 Å². The van der Waals surface area contributed by atoms with Gasteiger partial charge >= 0.3 is 0 Å². The smallest absolute Gasteiger partial charge is 0.269 e. The highest BCUT2D eigenvalue weighted by atomic mass is 32.2. The average molecular weight is 349 g/mol. The highest BCUT2D eigenvalue weighted by molar-refractivity contribution is 7.93. The molecule has 0 unspecified atom stereocenters. The van der Waals surface area contributed by atoms with Crippen molar-refractivity contribution in [2.75, 3.05) is 10.8 Å². The Morgan fingerprint density at radius 1 is 1.25 bits per heavy atom. The van der Waals surface area contributed by atoms with Crippen LogP contribution in [0.25, 0.3) is 5.65 Å². The van der Waals surface area contributed by atoms with Crippen LogP contribution in [0.15, 0.2) is 47.8 Å². The number of nitriles is 1. The second-order valence-corrected chi connectivity index (χ2v) is 6.56. The predicted octanol–water partition coefficient (Wildman–Crippen LogP) is 1.73. The molecule has 2 aromatic heterocycles. The first kappa shape index (κ1) is 15.8. The maximum absolute atomic E-state index is 13.5. The van der Waals surface area contributed by atoms with Gasteiger partial charge in [0.1, 0.15) is 29.4 Å². The van der Waals surface area contributed by atoms with E-state index in [0.717, 1.165) is 12.1 Å². The number of sulfonamides is 1. The molecule has 0 spiro atoms.